The second-order valence-electron chi connectivity index (χ2n) is 7.08. The molecule has 20 heavy (non-hydrogen) atoms. The predicted octanol–water partition coefficient (Wildman–Crippen LogP) is 3.72. The van der Waals surface area contributed by atoms with Gasteiger partial charge < -0.3 is 10.0 Å². The summed E-state index contributed by atoms with van der Waals surface area (Å²) in [6.07, 6.45) is 9.14. The Labute approximate surface area is 125 Å². The van der Waals surface area contributed by atoms with E-state index in [-0.39, 0.29) is 11.5 Å². The summed E-state index contributed by atoms with van der Waals surface area (Å²) in [5.74, 6) is 0. The van der Waals surface area contributed by atoms with Gasteiger partial charge in [0.05, 0.1) is 17.6 Å². The molecule has 0 radical (unpaired) electrons. The molecular weight excluding hydrogens is 248 g/mol. The highest BCUT2D eigenvalue weighted by Gasteiger charge is 2.22. The molecule has 2 atom stereocenters. The molecule has 3 nitrogen and oxygen atoms in total. The summed E-state index contributed by atoms with van der Waals surface area (Å²) < 4.78 is 0. The molecule has 0 aromatic carbocycles. The van der Waals surface area contributed by atoms with Gasteiger partial charge in [-0.25, -0.2) is 0 Å². The monoisotopic (exact) mass is 280 g/mol. The Bertz CT molecular complexity index is 307. The standard InChI is InChI=1S/C17H32N2O/c1-15(20)13-16-9-5-4-7-11-19(16)12-8-6-10-17(2,3)14-18/h15-16,20H,4-13H2,1-3H3. The van der Waals surface area contributed by atoms with Crippen molar-refractivity contribution in [3.8, 4) is 6.07 Å². The van der Waals surface area contributed by atoms with Gasteiger partial charge in [0.25, 0.3) is 0 Å². The minimum atomic E-state index is -0.196. The zero-order valence-electron chi connectivity index (χ0n) is 13.6. The number of rotatable bonds is 7. The van der Waals surface area contributed by atoms with Gasteiger partial charge >= 0.3 is 0 Å². The molecule has 0 aromatic heterocycles. The molecule has 0 spiro atoms. The Morgan fingerprint density at radius 2 is 2.05 bits per heavy atom. The summed E-state index contributed by atoms with van der Waals surface area (Å²) in [5.41, 5.74) is -0.183. The number of nitriles is 1. The number of hydrogen-bond acceptors (Lipinski definition) is 3. The Morgan fingerprint density at radius 1 is 1.30 bits per heavy atom. The van der Waals surface area contributed by atoms with Gasteiger partial charge in [-0.1, -0.05) is 19.3 Å². The van der Waals surface area contributed by atoms with Crippen molar-refractivity contribution in [2.45, 2.75) is 84.3 Å². The fraction of sp³-hybridized carbons (Fsp3) is 0.941. The highest BCUT2D eigenvalue weighted by atomic mass is 16.3. The van der Waals surface area contributed by atoms with Crippen molar-refractivity contribution < 1.29 is 5.11 Å². The number of hydrogen-bond donors (Lipinski definition) is 1. The average Bonchev–Trinajstić information content (AvgIpc) is 2.60. The summed E-state index contributed by atoms with van der Waals surface area (Å²) in [7, 11) is 0. The van der Waals surface area contributed by atoms with Crippen LogP contribution in [0.2, 0.25) is 0 Å². The van der Waals surface area contributed by atoms with E-state index in [1.165, 1.54) is 38.6 Å². The first-order valence-corrected chi connectivity index (χ1v) is 8.28. The van der Waals surface area contributed by atoms with Crippen LogP contribution in [0.3, 0.4) is 0 Å². The van der Waals surface area contributed by atoms with E-state index in [4.69, 9.17) is 5.26 Å². The van der Waals surface area contributed by atoms with Crippen LogP contribution in [0.4, 0.5) is 0 Å². The normalized spacial score (nSPS) is 23.1. The van der Waals surface area contributed by atoms with Crippen LogP contribution in [-0.2, 0) is 0 Å². The number of unbranched alkanes of at least 4 members (excludes halogenated alkanes) is 1. The van der Waals surface area contributed by atoms with Gasteiger partial charge in [-0.15, -0.1) is 0 Å². The molecule has 0 saturated carbocycles. The number of aliphatic hydroxyl groups excluding tert-OH is 1. The van der Waals surface area contributed by atoms with E-state index in [1.807, 2.05) is 20.8 Å². The van der Waals surface area contributed by atoms with E-state index in [1.54, 1.807) is 0 Å². The lowest BCUT2D eigenvalue weighted by Crippen LogP contribution is -2.37. The lowest BCUT2D eigenvalue weighted by molar-refractivity contribution is 0.111. The Morgan fingerprint density at radius 3 is 2.70 bits per heavy atom. The summed E-state index contributed by atoms with van der Waals surface area (Å²) >= 11 is 0. The lowest BCUT2D eigenvalue weighted by atomic mass is 9.89. The molecule has 116 valence electrons. The van der Waals surface area contributed by atoms with E-state index in [9.17, 15) is 5.11 Å². The highest BCUT2D eigenvalue weighted by Crippen LogP contribution is 2.24. The summed E-state index contributed by atoms with van der Waals surface area (Å²) in [6, 6.07) is 2.93. The van der Waals surface area contributed by atoms with E-state index >= 15 is 0 Å². The van der Waals surface area contributed by atoms with Crippen molar-refractivity contribution in [3.63, 3.8) is 0 Å². The summed E-state index contributed by atoms with van der Waals surface area (Å²) in [4.78, 5) is 2.58. The molecule has 1 rings (SSSR count). The second-order valence-corrected chi connectivity index (χ2v) is 7.08. The molecule has 1 heterocycles. The van der Waals surface area contributed by atoms with Crippen molar-refractivity contribution in [3.05, 3.63) is 0 Å². The molecule has 1 N–H and O–H groups in total. The fourth-order valence-corrected chi connectivity index (χ4v) is 3.13. The van der Waals surface area contributed by atoms with Crippen molar-refractivity contribution >= 4 is 0 Å². The van der Waals surface area contributed by atoms with Crippen molar-refractivity contribution in [2.24, 2.45) is 5.41 Å². The zero-order chi connectivity index (χ0) is 15.0. The fourth-order valence-electron chi connectivity index (χ4n) is 3.13. The maximum atomic E-state index is 9.66. The number of nitrogens with zero attached hydrogens (tertiary/aromatic N) is 2. The first-order chi connectivity index (χ1) is 9.44. The first-order valence-electron chi connectivity index (χ1n) is 8.28. The van der Waals surface area contributed by atoms with Crippen molar-refractivity contribution in [1.29, 1.82) is 5.26 Å². The van der Waals surface area contributed by atoms with Crippen LogP contribution in [-0.4, -0.2) is 35.2 Å². The van der Waals surface area contributed by atoms with Crippen LogP contribution in [0.5, 0.6) is 0 Å². The van der Waals surface area contributed by atoms with Crippen LogP contribution in [0.1, 0.15) is 72.1 Å². The van der Waals surface area contributed by atoms with Gasteiger partial charge in [0.1, 0.15) is 0 Å². The molecular formula is C17H32N2O. The molecule has 1 aliphatic heterocycles. The summed E-state index contributed by atoms with van der Waals surface area (Å²) in [5, 5.41) is 18.7. The summed E-state index contributed by atoms with van der Waals surface area (Å²) in [6.45, 7) is 8.25. The minimum Gasteiger partial charge on any atom is -0.393 e. The smallest absolute Gasteiger partial charge is 0.0683 e. The quantitative estimate of drug-likeness (QED) is 0.723. The van der Waals surface area contributed by atoms with Crippen LogP contribution >= 0.6 is 0 Å². The van der Waals surface area contributed by atoms with Gasteiger partial charge in [0.2, 0.25) is 0 Å². The van der Waals surface area contributed by atoms with E-state index in [0.717, 1.165) is 25.8 Å². The van der Waals surface area contributed by atoms with Crippen LogP contribution in [0.25, 0.3) is 0 Å². The molecule has 0 aromatic rings. The van der Waals surface area contributed by atoms with Gasteiger partial charge in [-0.05, 0) is 66.0 Å². The Hall–Kier alpha value is -0.590. The van der Waals surface area contributed by atoms with Gasteiger partial charge in [-0.2, -0.15) is 5.26 Å². The average molecular weight is 280 g/mol. The first kappa shape index (κ1) is 17.5. The second kappa shape index (κ2) is 8.64. The van der Waals surface area contributed by atoms with Crippen LogP contribution in [0.15, 0.2) is 0 Å². The third kappa shape index (κ3) is 6.72. The minimum absolute atomic E-state index is 0.183. The topological polar surface area (TPSA) is 47.3 Å². The number of aliphatic hydroxyl groups is 1. The molecule has 0 amide bonds. The van der Waals surface area contributed by atoms with Crippen LogP contribution < -0.4 is 0 Å². The molecule has 1 fully saturated rings. The third-order valence-electron chi connectivity index (χ3n) is 4.41. The predicted molar refractivity (Wildman–Crippen MR) is 83.4 cm³/mol. The SMILES string of the molecule is CC(O)CC1CCCCCN1CCCCC(C)(C)C#N. The van der Waals surface area contributed by atoms with Gasteiger partial charge in [0.15, 0.2) is 0 Å². The highest BCUT2D eigenvalue weighted by molar-refractivity contribution is 4.91. The third-order valence-corrected chi connectivity index (χ3v) is 4.41. The molecule has 0 aliphatic carbocycles. The van der Waals surface area contributed by atoms with E-state index in [2.05, 4.69) is 11.0 Å². The van der Waals surface area contributed by atoms with Gasteiger partial charge in [-0.3, -0.25) is 0 Å². The van der Waals surface area contributed by atoms with Crippen molar-refractivity contribution in [2.75, 3.05) is 13.1 Å². The Balaban J connectivity index is 2.36. The Kier molecular flexibility index (Phi) is 7.55. The van der Waals surface area contributed by atoms with E-state index < -0.39 is 0 Å². The lowest BCUT2D eigenvalue weighted by Gasteiger charge is -2.31. The molecule has 1 saturated heterocycles. The zero-order valence-corrected chi connectivity index (χ0v) is 13.6. The number of likely N-dealkylation sites (tertiary alicyclic amines) is 1. The molecule has 0 bridgehead atoms. The van der Waals surface area contributed by atoms with Crippen molar-refractivity contribution in [1.82, 2.24) is 4.90 Å². The molecule has 2 unspecified atom stereocenters. The maximum absolute atomic E-state index is 9.66. The maximum Gasteiger partial charge on any atom is 0.0683 e. The molecule has 1 aliphatic rings. The van der Waals surface area contributed by atoms with Crippen LogP contribution in [0, 0.1) is 16.7 Å². The largest absolute Gasteiger partial charge is 0.393 e. The molecule has 3 heteroatoms. The van der Waals surface area contributed by atoms with Gasteiger partial charge in [0, 0.05) is 6.04 Å². The van der Waals surface area contributed by atoms with E-state index in [0.29, 0.717) is 6.04 Å².